The van der Waals surface area contributed by atoms with Crippen LogP contribution in [0.3, 0.4) is 0 Å². The summed E-state index contributed by atoms with van der Waals surface area (Å²) in [5.41, 5.74) is 2.66. The summed E-state index contributed by atoms with van der Waals surface area (Å²) in [6.45, 7) is 0.937. The van der Waals surface area contributed by atoms with E-state index in [-0.39, 0.29) is 0 Å². The molecule has 0 N–H and O–H groups in total. The first kappa shape index (κ1) is 13.6. The van der Waals surface area contributed by atoms with Crippen LogP contribution in [0.1, 0.15) is 5.56 Å². The van der Waals surface area contributed by atoms with Gasteiger partial charge < -0.3 is 9.80 Å². The third kappa shape index (κ3) is 3.36. The van der Waals surface area contributed by atoms with Crippen LogP contribution in [0.2, 0.25) is 0 Å². The number of fused-ring (bicyclic) bond motifs is 1. The molecule has 2 heteroatoms. The maximum Gasteiger partial charge on any atom is 0.0248 e. The van der Waals surface area contributed by atoms with Gasteiger partial charge in [-0.2, -0.15) is 0 Å². The highest BCUT2D eigenvalue weighted by Gasteiger charge is 2.07. The van der Waals surface area contributed by atoms with Crippen LogP contribution < -0.4 is 0 Å². The Labute approximate surface area is 115 Å². The molecule has 0 bridgehead atoms. The fraction of sp³-hybridized carbons (Fsp3) is 0.294. The molecule has 0 unspecified atom stereocenters. The van der Waals surface area contributed by atoms with E-state index in [0.29, 0.717) is 0 Å². The number of benzene rings is 2. The van der Waals surface area contributed by atoms with Crippen LogP contribution >= 0.6 is 0 Å². The smallest absolute Gasteiger partial charge is 0.0248 e. The number of hydrogen-bond acceptors (Lipinski definition) is 2. The first-order chi connectivity index (χ1) is 9.08. The van der Waals surface area contributed by atoms with Gasteiger partial charge in [0, 0.05) is 26.8 Å². The summed E-state index contributed by atoms with van der Waals surface area (Å²) in [5, 5.41) is 2.61. The topological polar surface area (TPSA) is 6.48 Å². The Morgan fingerprint density at radius 3 is 2.32 bits per heavy atom. The maximum absolute atomic E-state index is 2.21. The van der Waals surface area contributed by atoms with Crippen molar-refractivity contribution in [2.24, 2.45) is 0 Å². The Morgan fingerprint density at radius 1 is 0.947 bits per heavy atom. The standard InChI is InChI=1S/C17H22N2/c1-18(2)12-15(13-19(3)4)17-11-7-9-14-8-5-6-10-16(14)17/h5-12H,13H2,1-4H3/b15-12-. The van der Waals surface area contributed by atoms with Gasteiger partial charge in [0.2, 0.25) is 0 Å². The van der Waals surface area contributed by atoms with E-state index in [4.69, 9.17) is 0 Å². The van der Waals surface area contributed by atoms with Gasteiger partial charge in [-0.3, -0.25) is 0 Å². The quantitative estimate of drug-likeness (QED) is 0.826. The third-order valence-corrected chi connectivity index (χ3v) is 3.04. The minimum absolute atomic E-state index is 0.937. The lowest BCUT2D eigenvalue weighted by atomic mass is 9.98. The molecular formula is C17H22N2. The van der Waals surface area contributed by atoms with Gasteiger partial charge in [0.25, 0.3) is 0 Å². The molecule has 0 heterocycles. The molecule has 0 saturated carbocycles. The van der Waals surface area contributed by atoms with Gasteiger partial charge in [0.1, 0.15) is 0 Å². The van der Waals surface area contributed by atoms with Crippen LogP contribution in [0.5, 0.6) is 0 Å². The van der Waals surface area contributed by atoms with Crippen molar-refractivity contribution in [1.82, 2.24) is 9.80 Å². The van der Waals surface area contributed by atoms with Crippen molar-refractivity contribution in [3.63, 3.8) is 0 Å². The van der Waals surface area contributed by atoms with Crippen LogP contribution in [-0.2, 0) is 0 Å². The van der Waals surface area contributed by atoms with E-state index < -0.39 is 0 Å². The van der Waals surface area contributed by atoms with Gasteiger partial charge in [-0.1, -0.05) is 42.5 Å². The predicted molar refractivity (Wildman–Crippen MR) is 84.2 cm³/mol. The zero-order valence-corrected chi connectivity index (χ0v) is 12.2. The normalized spacial score (nSPS) is 12.2. The van der Waals surface area contributed by atoms with Gasteiger partial charge in [0.15, 0.2) is 0 Å². The van der Waals surface area contributed by atoms with Crippen molar-refractivity contribution in [3.8, 4) is 0 Å². The molecule has 0 atom stereocenters. The zero-order valence-electron chi connectivity index (χ0n) is 12.2. The lowest BCUT2D eigenvalue weighted by molar-refractivity contribution is 0.459. The van der Waals surface area contributed by atoms with E-state index in [9.17, 15) is 0 Å². The maximum atomic E-state index is 2.21. The zero-order chi connectivity index (χ0) is 13.8. The molecule has 19 heavy (non-hydrogen) atoms. The Kier molecular flexibility index (Phi) is 4.23. The minimum atomic E-state index is 0.937. The Morgan fingerprint density at radius 2 is 1.63 bits per heavy atom. The van der Waals surface area contributed by atoms with Crippen molar-refractivity contribution in [2.75, 3.05) is 34.7 Å². The second kappa shape index (κ2) is 5.89. The van der Waals surface area contributed by atoms with Crippen LogP contribution in [0, 0.1) is 0 Å². The highest BCUT2D eigenvalue weighted by Crippen LogP contribution is 2.25. The Balaban J connectivity index is 2.56. The number of rotatable bonds is 4. The lowest BCUT2D eigenvalue weighted by Gasteiger charge is -2.18. The van der Waals surface area contributed by atoms with Crippen molar-refractivity contribution in [3.05, 3.63) is 54.2 Å². The highest BCUT2D eigenvalue weighted by atomic mass is 15.1. The summed E-state index contributed by atoms with van der Waals surface area (Å²) < 4.78 is 0. The molecular weight excluding hydrogens is 232 g/mol. The van der Waals surface area contributed by atoms with Gasteiger partial charge in [-0.25, -0.2) is 0 Å². The summed E-state index contributed by atoms with van der Waals surface area (Å²) in [4.78, 5) is 4.32. The van der Waals surface area contributed by atoms with E-state index in [1.807, 2.05) is 0 Å². The molecule has 0 radical (unpaired) electrons. The van der Waals surface area contributed by atoms with Crippen LogP contribution in [-0.4, -0.2) is 44.5 Å². The number of likely N-dealkylation sites (N-methyl/N-ethyl adjacent to an activating group) is 1. The van der Waals surface area contributed by atoms with Crippen molar-refractivity contribution < 1.29 is 0 Å². The van der Waals surface area contributed by atoms with E-state index in [2.05, 4.69) is 86.7 Å². The molecule has 0 aliphatic carbocycles. The van der Waals surface area contributed by atoms with Crippen LogP contribution in [0.25, 0.3) is 16.3 Å². The monoisotopic (exact) mass is 254 g/mol. The van der Waals surface area contributed by atoms with Crippen LogP contribution in [0.4, 0.5) is 0 Å². The predicted octanol–water partition coefficient (Wildman–Crippen LogP) is 3.30. The number of nitrogens with zero attached hydrogens (tertiary/aromatic N) is 2. The Hall–Kier alpha value is -1.80. The summed E-state index contributed by atoms with van der Waals surface area (Å²) in [5.74, 6) is 0. The summed E-state index contributed by atoms with van der Waals surface area (Å²) in [6.07, 6.45) is 2.21. The third-order valence-electron chi connectivity index (χ3n) is 3.04. The van der Waals surface area contributed by atoms with Gasteiger partial charge in [-0.15, -0.1) is 0 Å². The summed E-state index contributed by atoms with van der Waals surface area (Å²) >= 11 is 0. The first-order valence-corrected chi connectivity index (χ1v) is 6.58. The van der Waals surface area contributed by atoms with Gasteiger partial charge in [-0.05, 0) is 36.0 Å². The molecule has 0 aromatic heterocycles. The summed E-state index contributed by atoms with van der Waals surface area (Å²) in [7, 11) is 8.35. The van der Waals surface area contributed by atoms with Crippen molar-refractivity contribution >= 4 is 16.3 Å². The first-order valence-electron chi connectivity index (χ1n) is 6.58. The molecule has 0 spiro atoms. The highest BCUT2D eigenvalue weighted by molar-refractivity contribution is 5.94. The fourth-order valence-electron chi connectivity index (χ4n) is 2.35. The second-order valence-electron chi connectivity index (χ2n) is 5.38. The molecule has 2 nitrogen and oxygen atoms in total. The van der Waals surface area contributed by atoms with E-state index in [1.165, 1.54) is 21.9 Å². The fourth-order valence-corrected chi connectivity index (χ4v) is 2.35. The molecule has 0 fully saturated rings. The van der Waals surface area contributed by atoms with E-state index in [0.717, 1.165) is 6.54 Å². The molecule has 0 aliphatic heterocycles. The van der Waals surface area contributed by atoms with Crippen molar-refractivity contribution in [1.29, 1.82) is 0 Å². The van der Waals surface area contributed by atoms with E-state index >= 15 is 0 Å². The number of hydrogen-bond donors (Lipinski definition) is 0. The molecule has 0 aliphatic rings. The average Bonchev–Trinajstić information content (AvgIpc) is 2.36. The molecule has 0 saturated heterocycles. The summed E-state index contributed by atoms with van der Waals surface area (Å²) in [6, 6.07) is 15.1. The molecule has 100 valence electrons. The van der Waals surface area contributed by atoms with Gasteiger partial charge in [0.05, 0.1) is 0 Å². The molecule has 0 amide bonds. The van der Waals surface area contributed by atoms with E-state index in [1.54, 1.807) is 0 Å². The average molecular weight is 254 g/mol. The Bertz CT molecular complexity index is 577. The largest absolute Gasteiger partial charge is 0.383 e. The molecule has 2 rings (SSSR count). The SMILES string of the molecule is CN(C)/C=C(/CN(C)C)c1cccc2ccccc12. The molecule has 2 aromatic rings. The van der Waals surface area contributed by atoms with Gasteiger partial charge >= 0.3 is 0 Å². The van der Waals surface area contributed by atoms with Crippen LogP contribution in [0.15, 0.2) is 48.7 Å². The minimum Gasteiger partial charge on any atom is -0.383 e. The molecule has 2 aromatic carbocycles. The lowest BCUT2D eigenvalue weighted by Crippen LogP contribution is -2.16. The second-order valence-corrected chi connectivity index (χ2v) is 5.38. The van der Waals surface area contributed by atoms with Crippen molar-refractivity contribution in [2.45, 2.75) is 0 Å².